The van der Waals surface area contributed by atoms with Crippen molar-refractivity contribution in [1.82, 2.24) is 9.80 Å². The molecule has 2 aliphatic rings. The summed E-state index contributed by atoms with van der Waals surface area (Å²) in [6.45, 7) is 8.29. The summed E-state index contributed by atoms with van der Waals surface area (Å²) >= 11 is 0. The molecule has 2 atom stereocenters. The van der Waals surface area contributed by atoms with Gasteiger partial charge in [0.25, 0.3) is 0 Å². The molecular formula is C16H28N2O4. The SMILES string of the molecule is CC(C)(C)OC(=O)N1C[C@@H](C(=O)O)C[C@@H](N2CCCCC2)C1. The molecule has 0 bridgehead atoms. The molecule has 0 aromatic rings. The third-order valence-electron chi connectivity index (χ3n) is 4.34. The molecule has 6 heteroatoms. The summed E-state index contributed by atoms with van der Waals surface area (Å²) in [6, 6.07) is 0.127. The van der Waals surface area contributed by atoms with E-state index in [2.05, 4.69) is 4.90 Å². The Hall–Kier alpha value is -1.30. The quantitative estimate of drug-likeness (QED) is 0.846. The Morgan fingerprint density at radius 2 is 1.73 bits per heavy atom. The lowest BCUT2D eigenvalue weighted by Crippen LogP contribution is -2.55. The van der Waals surface area contributed by atoms with Gasteiger partial charge in [0.2, 0.25) is 0 Å². The van der Waals surface area contributed by atoms with Gasteiger partial charge in [0.05, 0.1) is 5.92 Å². The van der Waals surface area contributed by atoms with Crippen LogP contribution in [-0.4, -0.2) is 64.8 Å². The number of carbonyl (C=O) groups is 2. The zero-order chi connectivity index (χ0) is 16.3. The van der Waals surface area contributed by atoms with E-state index in [9.17, 15) is 14.7 Å². The van der Waals surface area contributed by atoms with Gasteiger partial charge >= 0.3 is 12.1 Å². The Kier molecular flexibility index (Phi) is 5.32. The third-order valence-corrected chi connectivity index (χ3v) is 4.34. The van der Waals surface area contributed by atoms with Crippen LogP contribution in [-0.2, 0) is 9.53 Å². The lowest BCUT2D eigenvalue weighted by atomic mass is 9.92. The third kappa shape index (κ3) is 4.60. The van der Waals surface area contributed by atoms with Crippen molar-refractivity contribution in [3.63, 3.8) is 0 Å². The van der Waals surface area contributed by atoms with Gasteiger partial charge in [-0.2, -0.15) is 0 Å². The van der Waals surface area contributed by atoms with Gasteiger partial charge in [0, 0.05) is 19.1 Å². The molecule has 126 valence electrons. The second kappa shape index (κ2) is 6.86. The molecule has 6 nitrogen and oxygen atoms in total. The first-order chi connectivity index (χ1) is 10.3. The van der Waals surface area contributed by atoms with Gasteiger partial charge in [-0.1, -0.05) is 6.42 Å². The van der Waals surface area contributed by atoms with E-state index in [1.807, 2.05) is 20.8 Å². The number of carboxylic acids is 1. The standard InChI is InChI=1S/C16H28N2O4/c1-16(2,3)22-15(21)18-10-12(14(19)20)9-13(11-18)17-7-5-4-6-8-17/h12-13H,4-11H2,1-3H3,(H,19,20)/t12-,13+/m0/s1. The predicted octanol–water partition coefficient (Wildman–Crippen LogP) is 2.18. The highest BCUT2D eigenvalue weighted by molar-refractivity contribution is 5.73. The van der Waals surface area contributed by atoms with Crippen LogP contribution in [0, 0.1) is 5.92 Å². The van der Waals surface area contributed by atoms with Crippen LogP contribution in [0.5, 0.6) is 0 Å². The average Bonchev–Trinajstić information content (AvgIpc) is 2.46. The Morgan fingerprint density at radius 3 is 2.27 bits per heavy atom. The first kappa shape index (κ1) is 17.1. The number of likely N-dealkylation sites (tertiary alicyclic amines) is 2. The van der Waals surface area contributed by atoms with Crippen LogP contribution < -0.4 is 0 Å². The predicted molar refractivity (Wildman–Crippen MR) is 82.8 cm³/mol. The summed E-state index contributed by atoms with van der Waals surface area (Å²) in [4.78, 5) is 27.7. The molecule has 2 saturated heterocycles. The van der Waals surface area contributed by atoms with Crippen LogP contribution in [0.4, 0.5) is 4.79 Å². The van der Waals surface area contributed by atoms with E-state index >= 15 is 0 Å². The molecule has 0 aliphatic carbocycles. The van der Waals surface area contributed by atoms with E-state index in [4.69, 9.17) is 4.74 Å². The van der Waals surface area contributed by atoms with Crippen LogP contribution in [0.15, 0.2) is 0 Å². The Morgan fingerprint density at radius 1 is 1.09 bits per heavy atom. The molecule has 2 aliphatic heterocycles. The molecule has 0 spiro atoms. The largest absolute Gasteiger partial charge is 0.481 e. The Labute approximate surface area is 132 Å². The molecule has 0 radical (unpaired) electrons. The van der Waals surface area contributed by atoms with Gasteiger partial charge in [0.1, 0.15) is 5.60 Å². The topological polar surface area (TPSA) is 70.1 Å². The monoisotopic (exact) mass is 312 g/mol. The van der Waals surface area contributed by atoms with Crippen molar-refractivity contribution in [3.8, 4) is 0 Å². The van der Waals surface area contributed by atoms with Crippen molar-refractivity contribution in [2.24, 2.45) is 5.92 Å². The summed E-state index contributed by atoms with van der Waals surface area (Å²) in [7, 11) is 0. The lowest BCUT2D eigenvalue weighted by Gasteiger charge is -2.43. The molecule has 2 fully saturated rings. The van der Waals surface area contributed by atoms with Crippen molar-refractivity contribution >= 4 is 12.1 Å². The van der Waals surface area contributed by atoms with Crippen LogP contribution in [0.3, 0.4) is 0 Å². The highest BCUT2D eigenvalue weighted by Gasteiger charge is 2.38. The van der Waals surface area contributed by atoms with Gasteiger partial charge in [-0.3, -0.25) is 9.69 Å². The molecule has 1 N–H and O–H groups in total. The normalized spacial score (nSPS) is 27.5. The van der Waals surface area contributed by atoms with E-state index in [0.29, 0.717) is 13.0 Å². The summed E-state index contributed by atoms with van der Waals surface area (Å²) in [5.74, 6) is -1.33. The van der Waals surface area contributed by atoms with Crippen LogP contribution in [0.1, 0.15) is 46.5 Å². The number of hydrogen-bond acceptors (Lipinski definition) is 4. The maximum atomic E-state index is 12.3. The van der Waals surface area contributed by atoms with Crippen molar-refractivity contribution in [3.05, 3.63) is 0 Å². The number of carbonyl (C=O) groups excluding carboxylic acids is 1. The van der Waals surface area contributed by atoms with Crippen molar-refractivity contribution < 1.29 is 19.4 Å². The number of amides is 1. The second-order valence-electron chi connectivity index (χ2n) is 7.41. The van der Waals surface area contributed by atoms with Crippen molar-refractivity contribution in [1.29, 1.82) is 0 Å². The van der Waals surface area contributed by atoms with Crippen LogP contribution in [0.2, 0.25) is 0 Å². The molecule has 0 saturated carbocycles. The van der Waals surface area contributed by atoms with E-state index in [1.54, 1.807) is 4.90 Å². The van der Waals surface area contributed by atoms with Gasteiger partial charge < -0.3 is 14.7 Å². The molecule has 0 aromatic carbocycles. The summed E-state index contributed by atoms with van der Waals surface area (Å²) in [6.07, 6.45) is 3.76. The summed E-state index contributed by atoms with van der Waals surface area (Å²) in [5, 5.41) is 9.39. The maximum Gasteiger partial charge on any atom is 0.410 e. The van der Waals surface area contributed by atoms with E-state index in [0.717, 1.165) is 25.9 Å². The lowest BCUT2D eigenvalue weighted by molar-refractivity contribution is -0.144. The molecule has 0 unspecified atom stereocenters. The number of piperidine rings is 2. The molecule has 1 amide bonds. The van der Waals surface area contributed by atoms with Gasteiger partial charge in [0.15, 0.2) is 0 Å². The number of carboxylic acid groups (broad SMARTS) is 1. The van der Waals surface area contributed by atoms with Gasteiger partial charge in [-0.15, -0.1) is 0 Å². The van der Waals surface area contributed by atoms with Crippen molar-refractivity contribution in [2.45, 2.75) is 58.1 Å². The van der Waals surface area contributed by atoms with Gasteiger partial charge in [-0.05, 0) is 53.1 Å². The van der Waals surface area contributed by atoms with Crippen LogP contribution >= 0.6 is 0 Å². The van der Waals surface area contributed by atoms with Crippen LogP contribution in [0.25, 0.3) is 0 Å². The smallest absolute Gasteiger partial charge is 0.410 e. The number of rotatable bonds is 2. The Bertz CT molecular complexity index is 413. The fourth-order valence-corrected chi connectivity index (χ4v) is 3.27. The van der Waals surface area contributed by atoms with E-state index in [1.165, 1.54) is 6.42 Å². The fourth-order valence-electron chi connectivity index (χ4n) is 3.27. The maximum absolute atomic E-state index is 12.3. The Balaban J connectivity index is 2.05. The molecule has 22 heavy (non-hydrogen) atoms. The highest BCUT2D eigenvalue weighted by Crippen LogP contribution is 2.25. The first-order valence-electron chi connectivity index (χ1n) is 8.21. The molecule has 2 heterocycles. The average molecular weight is 312 g/mol. The minimum atomic E-state index is -0.824. The second-order valence-corrected chi connectivity index (χ2v) is 7.41. The highest BCUT2D eigenvalue weighted by atomic mass is 16.6. The van der Waals surface area contributed by atoms with E-state index < -0.39 is 23.6 Å². The minimum Gasteiger partial charge on any atom is -0.481 e. The summed E-state index contributed by atoms with van der Waals surface area (Å²) in [5.41, 5.74) is -0.562. The molecule has 2 rings (SSSR count). The first-order valence-corrected chi connectivity index (χ1v) is 8.21. The number of nitrogens with zero attached hydrogens (tertiary/aromatic N) is 2. The zero-order valence-electron chi connectivity index (χ0n) is 13.9. The van der Waals surface area contributed by atoms with E-state index in [-0.39, 0.29) is 12.6 Å². The fraction of sp³-hybridized carbons (Fsp3) is 0.875. The number of hydrogen-bond donors (Lipinski definition) is 1. The zero-order valence-corrected chi connectivity index (χ0v) is 13.9. The molecular weight excluding hydrogens is 284 g/mol. The number of ether oxygens (including phenoxy) is 1. The van der Waals surface area contributed by atoms with Crippen molar-refractivity contribution in [2.75, 3.05) is 26.2 Å². The summed E-state index contributed by atoms with van der Waals surface area (Å²) < 4.78 is 5.42. The van der Waals surface area contributed by atoms with Gasteiger partial charge in [-0.25, -0.2) is 4.79 Å². The number of aliphatic carboxylic acids is 1. The molecule has 0 aromatic heterocycles. The minimum absolute atomic E-state index is 0.127.